The highest BCUT2D eigenvalue weighted by molar-refractivity contribution is 5.85. The molecular formula is C18H19NO3. The Morgan fingerprint density at radius 3 is 2.55 bits per heavy atom. The Bertz CT molecular complexity index is 682. The van der Waals surface area contributed by atoms with Gasteiger partial charge in [0.25, 0.3) is 0 Å². The lowest BCUT2D eigenvalue weighted by atomic mass is 9.93. The molecule has 0 amide bonds. The lowest BCUT2D eigenvalue weighted by molar-refractivity contribution is -0.152. The number of benzene rings is 2. The minimum atomic E-state index is -0.701. The van der Waals surface area contributed by atoms with Crippen LogP contribution >= 0.6 is 0 Å². The van der Waals surface area contributed by atoms with Crippen LogP contribution in [-0.4, -0.2) is 38.1 Å². The van der Waals surface area contributed by atoms with E-state index < -0.39 is 6.10 Å². The molecule has 0 N–H and O–H groups in total. The van der Waals surface area contributed by atoms with Crippen molar-refractivity contribution in [1.29, 1.82) is 0 Å². The highest BCUT2D eigenvalue weighted by atomic mass is 16.6. The van der Waals surface area contributed by atoms with Gasteiger partial charge in [0.15, 0.2) is 0 Å². The molecule has 0 aromatic heterocycles. The standard InChI is InChI=1S/C18H19NO3/c1-19(2)11-12-21-18(20)17-15-9-4-3-7-13(15)14-8-5-6-10-16(14)22-17/h3-10,17H,11-12H2,1-2H3. The van der Waals surface area contributed by atoms with Gasteiger partial charge in [0.2, 0.25) is 6.10 Å². The van der Waals surface area contributed by atoms with Gasteiger partial charge in [-0.15, -0.1) is 0 Å². The molecule has 1 atom stereocenters. The number of ether oxygens (including phenoxy) is 2. The van der Waals surface area contributed by atoms with Gasteiger partial charge >= 0.3 is 5.97 Å². The van der Waals surface area contributed by atoms with E-state index >= 15 is 0 Å². The Balaban J connectivity index is 1.87. The number of rotatable bonds is 4. The molecule has 0 radical (unpaired) electrons. The fourth-order valence-corrected chi connectivity index (χ4v) is 2.53. The Labute approximate surface area is 130 Å². The second-order valence-corrected chi connectivity index (χ2v) is 5.55. The molecule has 0 saturated heterocycles. The van der Waals surface area contributed by atoms with Crippen LogP contribution in [-0.2, 0) is 9.53 Å². The molecule has 0 fully saturated rings. The summed E-state index contributed by atoms with van der Waals surface area (Å²) in [7, 11) is 3.88. The summed E-state index contributed by atoms with van der Waals surface area (Å²) in [6.07, 6.45) is -0.701. The molecule has 1 unspecified atom stereocenters. The van der Waals surface area contributed by atoms with Gasteiger partial charge in [0.1, 0.15) is 12.4 Å². The molecule has 3 rings (SSSR count). The number of hydrogen-bond donors (Lipinski definition) is 0. The van der Waals surface area contributed by atoms with Crippen LogP contribution in [0.3, 0.4) is 0 Å². The SMILES string of the molecule is CN(C)CCOC(=O)C1Oc2ccccc2-c2ccccc21. The van der Waals surface area contributed by atoms with E-state index in [0.717, 1.165) is 22.4 Å². The zero-order valence-electron chi connectivity index (χ0n) is 12.8. The van der Waals surface area contributed by atoms with Crippen molar-refractivity contribution in [3.8, 4) is 16.9 Å². The molecule has 1 heterocycles. The van der Waals surface area contributed by atoms with E-state index in [1.165, 1.54) is 0 Å². The van der Waals surface area contributed by atoms with E-state index in [4.69, 9.17) is 9.47 Å². The third-order valence-corrected chi connectivity index (χ3v) is 3.66. The Kier molecular flexibility index (Phi) is 4.11. The van der Waals surface area contributed by atoms with Gasteiger partial charge in [-0.3, -0.25) is 0 Å². The number of fused-ring (bicyclic) bond motifs is 3. The van der Waals surface area contributed by atoms with Crippen LogP contribution in [0.4, 0.5) is 0 Å². The van der Waals surface area contributed by atoms with Crippen LogP contribution in [0.15, 0.2) is 48.5 Å². The zero-order chi connectivity index (χ0) is 15.5. The first-order valence-corrected chi connectivity index (χ1v) is 7.33. The van der Waals surface area contributed by atoms with E-state index in [1.807, 2.05) is 67.5 Å². The molecule has 2 aromatic carbocycles. The van der Waals surface area contributed by atoms with Crippen molar-refractivity contribution in [2.24, 2.45) is 0 Å². The van der Waals surface area contributed by atoms with Crippen molar-refractivity contribution in [3.63, 3.8) is 0 Å². The predicted molar refractivity (Wildman–Crippen MR) is 84.8 cm³/mol. The molecule has 1 aliphatic heterocycles. The summed E-state index contributed by atoms with van der Waals surface area (Å²) in [6.45, 7) is 1.05. The Hall–Kier alpha value is -2.33. The zero-order valence-corrected chi connectivity index (χ0v) is 12.8. The quantitative estimate of drug-likeness (QED) is 0.813. The summed E-state index contributed by atoms with van der Waals surface area (Å²) in [5, 5.41) is 0. The van der Waals surface area contributed by atoms with Gasteiger partial charge in [-0.05, 0) is 25.7 Å². The predicted octanol–water partition coefficient (Wildman–Crippen LogP) is 2.89. The van der Waals surface area contributed by atoms with Crippen LogP contribution in [0.25, 0.3) is 11.1 Å². The molecule has 0 saturated carbocycles. The Morgan fingerprint density at radius 2 is 1.77 bits per heavy atom. The van der Waals surface area contributed by atoms with Crippen LogP contribution in [0.5, 0.6) is 5.75 Å². The van der Waals surface area contributed by atoms with Crippen LogP contribution in [0.1, 0.15) is 11.7 Å². The monoisotopic (exact) mass is 297 g/mol. The third kappa shape index (κ3) is 2.83. The first-order valence-electron chi connectivity index (χ1n) is 7.33. The van der Waals surface area contributed by atoms with Gasteiger partial charge < -0.3 is 14.4 Å². The number of para-hydroxylation sites is 1. The molecule has 0 bridgehead atoms. The first kappa shape index (κ1) is 14.6. The molecular weight excluding hydrogens is 278 g/mol. The molecule has 4 nitrogen and oxygen atoms in total. The first-order chi connectivity index (χ1) is 10.7. The molecule has 0 aliphatic carbocycles. The fourth-order valence-electron chi connectivity index (χ4n) is 2.53. The number of likely N-dealkylation sites (N-methyl/N-ethyl adjacent to an activating group) is 1. The van der Waals surface area contributed by atoms with E-state index in [9.17, 15) is 4.79 Å². The number of carbonyl (C=O) groups is 1. The molecule has 22 heavy (non-hydrogen) atoms. The fraction of sp³-hybridized carbons (Fsp3) is 0.278. The number of hydrogen-bond acceptors (Lipinski definition) is 4. The maximum Gasteiger partial charge on any atom is 0.352 e. The highest BCUT2D eigenvalue weighted by Gasteiger charge is 2.32. The average Bonchev–Trinajstić information content (AvgIpc) is 2.53. The van der Waals surface area contributed by atoms with E-state index in [-0.39, 0.29) is 5.97 Å². The van der Waals surface area contributed by atoms with E-state index in [0.29, 0.717) is 13.2 Å². The molecule has 114 valence electrons. The van der Waals surface area contributed by atoms with Crippen LogP contribution in [0, 0.1) is 0 Å². The summed E-state index contributed by atoms with van der Waals surface area (Å²) < 4.78 is 11.2. The van der Waals surface area contributed by atoms with Gasteiger partial charge in [0, 0.05) is 17.7 Å². The second-order valence-electron chi connectivity index (χ2n) is 5.55. The summed E-state index contributed by atoms with van der Waals surface area (Å²) in [5.41, 5.74) is 2.89. The normalized spacial score (nSPS) is 15.7. The Morgan fingerprint density at radius 1 is 1.09 bits per heavy atom. The summed E-state index contributed by atoms with van der Waals surface area (Å²) >= 11 is 0. The highest BCUT2D eigenvalue weighted by Crippen LogP contribution is 2.42. The van der Waals surface area contributed by atoms with Crippen LogP contribution < -0.4 is 4.74 Å². The van der Waals surface area contributed by atoms with Gasteiger partial charge in [-0.2, -0.15) is 0 Å². The molecule has 2 aromatic rings. The van der Waals surface area contributed by atoms with Crippen molar-refractivity contribution in [2.75, 3.05) is 27.2 Å². The lowest BCUT2D eigenvalue weighted by Crippen LogP contribution is -2.27. The number of esters is 1. The second kappa shape index (κ2) is 6.20. The summed E-state index contributed by atoms with van der Waals surface area (Å²) in [4.78, 5) is 14.4. The molecule has 0 spiro atoms. The number of nitrogens with zero attached hydrogens (tertiary/aromatic N) is 1. The van der Waals surface area contributed by atoms with Gasteiger partial charge in [-0.1, -0.05) is 42.5 Å². The largest absolute Gasteiger partial charge is 0.473 e. The third-order valence-electron chi connectivity index (χ3n) is 3.66. The molecule has 4 heteroatoms. The number of carbonyl (C=O) groups excluding carboxylic acids is 1. The summed E-state index contributed by atoms with van der Waals surface area (Å²) in [6, 6.07) is 15.6. The van der Waals surface area contributed by atoms with Crippen molar-refractivity contribution in [3.05, 3.63) is 54.1 Å². The van der Waals surface area contributed by atoms with E-state index in [2.05, 4.69) is 0 Å². The minimum absolute atomic E-state index is 0.344. The average molecular weight is 297 g/mol. The van der Waals surface area contributed by atoms with Crippen LogP contribution in [0.2, 0.25) is 0 Å². The van der Waals surface area contributed by atoms with Gasteiger partial charge in [-0.25, -0.2) is 4.79 Å². The maximum absolute atomic E-state index is 12.4. The smallest absolute Gasteiger partial charge is 0.352 e. The topological polar surface area (TPSA) is 38.8 Å². The van der Waals surface area contributed by atoms with Crippen molar-refractivity contribution in [2.45, 2.75) is 6.10 Å². The van der Waals surface area contributed by atoms with E-state index in [1.54, 1.807) is 0 Å². The van der Waals surface area contributed by atoms with Gasteiger partial charge in [0.05, 0.1) is 0 Å². The van der Waals surface area contributed by atoms with Crippen molar-refractivity contribution in [1.82, 2.24) is 4.90 Å². The summed E-state index contributed by atoms with van der Waals surface area (Å²) in [5.74, 6) is 0.375. The van der Waals surface area contributed by atoms with Crippen molar-refractivity contribution < 1.29 is 14.3 Å². The van der Waals surface area contributed by atoms with Crippen molar-refractivity contribution >= 4 is 5.97 Å². The lowest BCUT2D eigenvalue weighted by Gasteiger charge is -2.27. The molecule has 1 aliphatic rings. The minimum Gasteiger partial charge on any atom is -0.473 e. The maximum atomic E-state index is 12.4.